The molecule has 0 unspecified atom stereocenters. The fourth-order valence-corrected chi connectivity index (χ4v) is 2.50. The Morgan fingerprint density at radius 2 is 2.04 bits per heavy atom. The van der Waals surface area contributed by atoms with Crippen molar-refractivity contribution >= 4 is 23.9 Å². The van der Waals surface area contributed by atoms with Gasteiger partial charge in [0.25, 0.3) is 5.91 Å². The number of benzene rings is 1. The van der Waals surface area contributed by atoms with E-state index in [1.807, 2.05) is 0 Å². The first kappa shape index (κ1) is 17.6. The standard InChI is InChI=1S/C15H10F4N4O3/c16-9-2-7(1-8(3-9)15(17,18)19)14(26)22-13-10-4-20-12(25)5-23(10)11(6-24)21-13/h1-3,6H,4-5H2,(H,20,25)(H,22,26). The Labute approximate surface area is 143 Å². The minimum atomic E-state index is -4.82. The Bertz CT molecular complexity index is 920. The summed E-state index contributed by atoms with van der Waals surface area (Å²) in [6, 6.07) is 1.42. The fraction of sp³-hybridized carbons (Fsp3) is 0.200. The van der Waals surface area contributed by atoms with E-state index in [-0.39, 0.29) is 36.7 Å². The predicted octanol–water partition coefficient (Wildman–Crippen LogP) is 1.74. The zero-order chi connectivity index (χ0) is 19.1. The highest BCUT2D eigenvalue weighted by Gasteiger charge is 2.32. The number of nitrogens with zero attached hydrogens (tertiary/aromatic N) is 2. The van der Waals surface area contributed by atoms with Gasteiger partial charge in [-0.1, -0.05) is 0 Å². The lowest BCUT2D eigenvalue weighted by Gasteiger charge is -2.17. The van der Waals surface area contributed by atoms with Gasteiger partial charge in [-0.05, 0) is 18.2 Å². The van der Waals surface area contributed by atoms with Crippen LogP contribution in [-0.2, 0) is 24.1 Å². The number of fused-ring (bicyclic) bond motifs is 1. The quantitative estimate of drug-likeness (QED) is 0.636. The molecule has 26 heavy (non-hydrogen) atoms. The highest BCUT2D eigenvalue weighted by molar-refractivity contribution is 6.04. The third-order valence-corrected chi connectivity index (χ3v) is 3.68. The van der Waals surface area contributed by atoms with Gasteiger partial charge in [0, 0.05) is 5.56 Å². The zero-order valence-corrected chi connectivity index (χ0v) is 12.9. The molecule has 136 valence electrons. The maximum absolute atomic E-state index is 13.4. The minimum Gasteiger partial charge on any atom is -0.349 e. The maximum atomic E-state index is 13.4. The Morgan fingerprint density at radius 3 is 2.69 bits per heavy atom. The molecule has 0 aliphatic carbocycles. The molecule has 2 heterocycles. The molecular formula is C15H10F4N4O3. The van der Waals surface area contributed by atoms with Crippen LogP contribution in [0.4, 0.5) is 23.4 Å². The summed E-state index contributed by atoms with van der Waals surface area (Å²) in [5.74, 6) is -2.85. The Kier molecular flexibility index (Phi) is 4.22. The zero-order valence-electron chi connectivity index (χ0n) is 12.9. The number of carbonyl (C=O) groups excluding carboxylic acids is 3. The van der Waals surface area contributed by atoms with Crippen molar-refractivity contribution in [3.8, 4) is 0 Å². The van der Waals surface area contributed by atoms with Crippen molar-refractivity contribution in [3.05, 3.63) is 46.7 Å². The van der Waals surface area contributed by atoms with Crippen LogP contribution in [0.1, 0.15) is 32.2 Å². The Hall–Kier alpha value is -3.24. The third-order valence-electron chi connectivity index (χ3n) is 3.68. The van der Waals surface area contributed by atoms with E-state index >= 15 is 0 Å². The SMILES string of the molecule is O=Cc1nc(NC(=O)c2cc(F)cc(C(F)(F)F)c2)c2n1CC(=O)NC2. The van der Waals surface area contributed by atoms with Crippen LogP contribution in [0.25, 0.3) is 0 Å². The van der Waals surface area contributed by atoms with Gasteiger partial charge in [-0.3, -0.25) is 14.4 Å². The molecule has 0 radical (unpaired) electrons. The van der Waals surface area contributed by atoms with Gasteiger partial charge in [0.1, 0.15) is 12.4 Å². The average molecular weight is 370 g/mol. The molecular weight excluding hydrogens is 360 g/mol. The van der Waals surface area contributed by atoms with Crippen LogP contribution in [0.5, 0.6) is 0 Å². The molecule has 1 aliphatic rings. The van der Waals surface area contributed by atoms with Gasteiger partial charge in [0.05, 0.1) is 17.8 Å². The first-order valence-corrected chi connectivity index (χ1v) is 7.19. The summed E-state index contributed by atoms with van der Waals surface area (Å²) in [6.45, 7) is -0.225. The lowest BCUT2D eigenvalue weighted by atomic mass is 10.1. The first-order valence-electron chi connectivity index (χ1n) is 7.19. The average Bonchev–Trinajstić information content (AvgIpc) is 2.90. The monoisotopic (exact) mass is 370 g/mol. The smallest absolute Gasteiger partial charge is 0.349 e. The number of rotatable bonds is 3. The van der Waals surface area contributed by atoms with Crippen LogP contribution < -0.4 is 10.6 Å². The second kappa shape index (κ2) is 6.24. The Morgan fingerprint density at radius 1 is 1.31 bits per heavy atom. The van der Waals surface area contributed by atoms with Crippen molar-refractivity contribution < 1.29 is 31.9 Å². The van der Waals surface area contributed by atoms with Crippen molar-refractivity contribution in [1.82, 2.24) is 14.9 Å². The molecule has 1 aromatic carbocycles. The summed E-state index contributed by atoms with van der Waals surface area (Å²) in [6.07, 6.45) is -4.44. The summed E-state index contributed by atoms with van der Waals surface area (Å²) < 4.78 is 53.0. The number of aromatic nitrogens is 2. The fourth-order valence-electron chi connectivity index (χ4n) is 2.50. The molecule has 0 saturated heterocycles. The number of hydrogen-bond donors (Lipinski definition) is 2. The topological polar surface area (TPSA) is 93.1 Å². The predicted molar refractivity (Wildman–Crippen MR) is 78.8 cm³/mol. The number of imidazole rings is 1. The summed E-state index contributed by atoms with van der Waals surface area (Å²) in [7, 11) is 0. The molecule has 0 saturated carbocycles. The number of amides is 2. The van der Waals surface area contributed by atoms with Gasteiger partial charge in [0.2, 0.25) is 5.91 Å². The summed E-state index contributed by atoms with van der Waals surface area (Å²) >= 11 is 0. The molecule has 11 heteroatoms. The van der Waals surface area contributed by atoms with Gasteiger partial charge in [0.15, 0.2) is 17.9 Å². The highest BCUT2D eigenvalue weighted by atomic mass is 19.4. The molecule has 0 atom stereocenters. The van der Waals surface area contributed by atoms with Crippen LogP contribution in [-0.4, -0.2) is 27.7 Å². The van der Waals surface area contributed by atoms with E-state index in [0.717, 1.165) is 0 Å². The maximum Gasteiger partial charge on any atom is 0.416 e. The lowest BCUT2D eigenvalue weighted by molar-refractivity contribution is -0.137. The molecule has 0 fully saturated rings. The summed E-state index contributed by atoms with van der Waals surface area (Å²) in [5.41, 5.74) is -1.57. The van der Waals surface area contributed by atoms with E-state index in [1.165, 1.54) is 4.57 Å². The van der Waals surface area contributed by atoms with Crippen molar-refractivity contribution in [2.24, 2.45) is 0 Å². The molecule has 0 spiro atoms. The van der Waals surface area contributed by atoms with E-state index in [9.17, 15) is 31.9 Å². The van der Waals surface area contributed by atoms with E-state index in [0.29, 0.717) is 24.1 Å². The van der Waals surface area contributed by atoms with Crippen LogP contribution in [0.15, 0.2) is 18.2 Å². The lowest BCUT2D eigenvalue weighted by Crippen LogP contribution is -2.35. The molecule has 7 nitrogen and oxygen atoms in total. The summed E-state index contributed by atoms with van der Waals surface area (Å²) in [4.78, 5) is 38.5. The molecule has 2 N–H and O–H groups in total. The number of hydrogen-bond acceptors (Lipinski definition) is 4. The first-order chi connectivity index (χ1) is 12.2. The van der Waals surface area contributed by atoms with E-state index < -0.39 is 29.0 Å². The van der Waals surface area contributed by atoms with Crippen LogP contribution in [0.2, 0.25) is 0 Å². The van der Waals surface area contributed by atoms with Gasteiger partial charge in [-0.25, -0.2) is 9.37 Å². The van der Waals surface area contributed by atoms with Crippen molar-refractivity contribution in [3.63, 3.8) is 0 Å². The molecule has 1 aromatic heterocycles. The molecule has 2 amide bonds. The molecule has 0 bridgehead atoms. The number of alkyl halides is 3. The van der Waals surface area contributed by atoms with E-state index in [1.54, 1.807) is 0 Å². The normalized spacial score (nSPS) is 13.8. The summed E-state index contributed by atoms with van der Waals surface area (Å²) in [5, 5.41) is 4.74. The largest absolute Gasteiger partial charge is 0.416 e. The number of carbonyl (C=O) groups is 3. The molecule has 1 aliphatic heterocycles. The second-order valence-electron chi connectivity index (χ2n) is 5.43. The van der Waals surface area contributed by atoms with Crippen molar-refractivity contribution in [2.45, 2.75) is 19.3 Å². The van der Waals surface area contributed by atoms with Crippen molar-refractivity contribution in [2.75, 3.05) is 5.32 Å². The number of halogens is 4. The minimum absolute atomic E-state index is 0.0355. The molecule has 2 aromatic rings. The van der Waals surface area contributed by atoms with Gasteiger partial charge < -0.3 is 15.2 Å². The third kappa shape index (κ3) is 3.27. The highest BCUT2D eigenvalue weighted by Crippen LogP contribution is 2.30. The van der Waals surface area contributed by atoms with E-state index in [2.05, 4.69) is 15.6 Å². The van der Waals surface area contributed by atoms with Crippen LogP contribution >= 0.6 is 0 Å². The number of aldehydes is 1. The molecule has 3 rings (SSSR count). The Balaban J connectivity index is 1.93. The second-order valence-corrected chi connectivity index (χ2v) is 5.43. The van der Waals surface area contributed by atoms with Crippen LogP contribution in [0.3, 0.4) is 0 Å². The van der Waals surface area contributed by atoms with Gasteiger partial charge in [-0.15, -0.1) is 0 Å². The number of nitrogens with one attached hydrogen (secondary N) is 2. The van der Waals surface area contributed by atoms with Gasteiger partial charge in [-0.2, -0.15) is 13.2 Å². The number of anilines is 1. The van der Waals surface area contributed by atoms with Crippen LogP contribution in [0, 0.1) is 5.82 Å². The van der Waals surface area contributed by atoms with Gasteiger partial charge >= 0.3 is 6.18 Å². The van der Waals surface area contributed by atoms with Crippen molar-refractivity contribution in [1.29, 1.82) is 0 Å². The van der Waals surface area contributed by atoms with E-state index in [4.69, 9.17) is 0 Å².